The van der Waals surface area contributed by atoms with Crippen molar-refractivity contribution in [1.82, 2.24) is 4.90 Å². The van der Waals surface area contributed by atoms with Crippen molar-refractivity contribution in [2.24, 2.45) is 0 Å². The molecular formula is C17H18ClN3O5S. The molecule has 8 nitrogen and oxygen atoms in total. The number of rotatable bonds is 7. The molecule has 0 atom stereocenters. The molecule has 0 bridgehead atoms. The Hall–Kier alpha value is -2.65. The summed E-state index contributed by atoms with van der Waals surface area (Å²) in [7, 11) is -4.05. The topological polar surface area (TPSA) is 110 Å². The van der Waals surface area contributed by atoms with Crippen LogP contribution in [0.1, 0.15) is 24.2 Å². The molecule has 0 saturated heterocycles. The normalized spacial score (nSPS) is 11.1. The van der Waals surface area contributed by atoms with E-state index in [0.29, 0.717) is 18.7 Å². The van der Waals surface area contributed by atoms with Crippen molar-refractivity contribution in [2.75, 3.05) is 17.8 Å². The second kappa shape index (κ2) is 8.36. The molecule has 0 saturated carbocycles. The Labute approximate surface area is 162 Å². The maximum Gasteiger partial charge on any atom is 0.289 e. The highest BCUT2D eigenvalue weighted by molar-refractivity contribution is 7.92. The Morgan fingerprint density at radius 1 is 1.15 bits per heavy atom. The maximum absolute atomic E-state index is 12.5. The number of halogens is 1. The molecule has 27 heavy (non-hydrogen) atoms. The standard InChI is InChI=1S/C17H18ClN3O5S/c1-3-20(4-2)17(22)12-5-7-13(8-6-12)19-27(25,26)14-9-10-15(18)16(11-14)21(23)24/h5-11,19H,3-4H2,1-2H3. The van der Waals surface area contributed by atoms with Crippen LogP contribution in [0.15, 0.2) is 47.4 Å². The highest BCUT2D eigenvalue weighted by Gasteiger charge is 2.21. The van der Waals surface area contributed by atoms with Crippen LogP contribution >= 0.6 is 11.6 Å². The highest BCUT2D eigenvalue weighted by atomic mass is 35.5. The first-order valence-corrected chi connectivity index (χ1v) is 9.91. The van der Waals surface area contributed by atoms with E-state index in [1.807, 2.05) is 13.8 Å². The van der Waals surface area contributed by atoms with E-state index in [0.717, 1.165) is 12.1 Å². The summed E-state index contributed by atoms with van der Waals surface area (Å²) < 4.78 is 27.2. The molecule has 2 rings (SSSR count). The van der Waals surface area contributed by atoms with Gasteiger partial charge in [0.15, 0.2) is 0 Å². The van der Waals surface area contributed by atoms with Crippen molar-refractivity contribution in [3.63, 3.8) is 0 Å². The van der Waals surface area contributed by atoms with Gasteiger partial charge in [-0.3, -0.25) is 19.6 Å². The van der Waals surface area contributed by atoms with Crippen LogP contribution in [-0.2, 0) is 10.0 Å². The Bertz CT molecular complexity index is 957. The molecule has 10 heteroatoms. The Kier molecular flexibility index (Phi) is 6.40. The number of carbonyl (C=O) groups excluding carboxylic acids is 1. The van der Waals surface area contributed by atoms with Gasteiger partial charge in [-0.15, -0.1) is 0 Å². The Morgan fingerprint density at radius 2 is 1.74 bits per heavy atom. The number of amides is 1. The zero-order valence-electron chi connectivity index (χ0n) is 14.7. The van der Waals surface area contributed by atoms with Crippen LogP contribution in [0.5, 0.6) is 0 Å². The number of nitro groups is 1. The van der Waals surface area contributed by atoms with Crippen molar-refractivity contribution >= 4 is 38.9 Å². The van der Waals surface area contributed by atoms with Gasteiger partial charge < -0.3 is 4.90 Å². The van der Waals surface area contributed by atoms with Gasteiger partial charge in [-0.2, -0.15) is 0 Å². The average molecular weight is 412 g/mol. The lowest BCUT2D eigenvalue weighted by atomic mass is 10.2. The summed E-state index contributed by atoms with van der Waals surface area (Å²) >= 11 is 5.71. The summed E-state index contributed by atoms with van der Waals surface area (Å²) in [6.45, 7) is 4.88. The van der Waals surface area contributed by atoms with Crippen LogP contribution in [0, 0.1) is 10.1 Å². The second-order valence-corrected chi connectivity index (χ2v) is 7.62. The van der Waals surface area contributed by atoms with Crippen molar-refractivity contribution in [1.29, 1.82) is 0 Å². The summed E-state index contributed by atoms with van der Waals surface area (Å²) in [6, 6.07) is 9.17. The van der Waals surface area contributed by atoms with E-state index in [1.54, 1.807) is 4.90 Å². The first kappa shape index (κ1) is 20.7. The zero-order valence-corrected chi connectivity index (χ0v) is 16.2. The van der Waals surface area contributed by atoms with E-state index in [-0.39, 0.29) is 21.5 Å². The molecular weight excluding hydrogens is 394 g/mol. The third kappa shape index (κ3) is 4.75. The maximum atomic E-state index is 12.5. The van der Waals surface area contributed by atoms with Gasteiger partial charge in [-0.1, -0.05) is 11.6 Å². The number of nitrogens with zero attached hydrogens (tertiary/aromatic N) is 2. The third-order valence-corrected chi connectivity index (χ3v) is 5.56. The van der Waals surface area contributed by atoms with Gasteiger partial charge in [0.2, 0.25) is 0 Å². The molecule has 0 spiro atoms. The summed E-state index contributed by atoms with van der Waals surface area (Å²) in [5, 5.41) is 10.8. The van der Waals surface area contributed by atoms with Crippen molar-refractivity contribution in [2.45, 2.75) is 18.7 Å². The van der Waals surface area contributed by atoms with Crippen LogP contribution in [0.25, 0.3) is 0 Å². The number of hydrogen-bond acceptors (Lipinski definition) is 5. The third-order valence-electron chi connectivity index (χ3n) is 3.86. The lowest BCUT2D eigenvalue weighted by molar-refractivity contribution is -0.384. The Morgan fingerprint density at radius 3 is 2.26 bits per heavy atom. The quantitative estimate of drug-likeness (QED) is 0.553. The molecule has 0 aliphatic rings. The summed E-state index contributed by atoms with van der Waals surface area (Å²) in [5.74, 6) is -0.150. The van der Waals surface area contributed by atoms with Crippen LogP contribution < -0.4 is 4.72 Å². The van der Waals surface area contributed by atoms with Crippen LogP contribution in [0.4, 0.5) is 11.4 Å². The number of carbonyl (C=O) groups is 1. The smallest absolute Gasteiger partial charge is 0.289 e. The lowest BCUT2D eigenvalue weighted by Gasteiger charge is -2.18. The predicted molar refractivity (Wildman–Crippen MR) is 103 cm³/mol. The van der Waals surface area contributed by atoms with E-state index < -0.39 is 20.6 Å². The monoisotopic (exact) mass is 411 g/mol. The fourth-order valence-electron chi connectivity index (χ4n) is 2.39. The number of hydrogen-bond donors (Lipinski definition) is 1. The molecule has 144 valence electrons. The zero-order chi connectivity index (χ0) is 20.2. The molecule has 0 fully saturated rings. The number of benzene rings is 2. The SMILES string of the molecule is CCN(CC)C(=O)c1ccc(NS(=O)(=O)c2ccc(Cl)c([N+](=O)[O-])c2)cc1. The van der Waals surface area contributed by atoms with Crippen molar-refractivity contribution in [3.8, 4) is 0 Å². The van der Waals surface area contributed by atoms with Crippen LogP contribution in [0.3, 0.4) is 0 Å². The number of nitrogens with one attached hydrogen (secondary N) is 1. The molecule has 0 aliphatic carbocycles. The molecule has 1 amide bonds. The summed E-state index contributed by atoms with van der Waals surface area (Å²) in [6.07, 6.45) is 0. The molecule has 1 N–H and O–H groups in total. The largest absolute Gasteiger partial charge is 0.339 e. The van der Waals surface area contributed by atoms with E-state index in [4.69, 9.17) is 11.6 Å². The van der Waals surface area contributed by atoms with E-state index in [2.05, 4.69) is 4.72 Å². The minimum absolute atomic E-state index is 0.150. The minimum atomic E-state index is -4.05. The lowest BCUT2D eigenvalue weighted by Crippen LogP contribution is -2.30. The molecule has 0 aliphatic heterocycles. The molecule has 2 aromatic carbocycles. The number of nitro benzene ring substituents is 1. The first-order valence-electron chi connectivity index (χ1n) is 8.05. The second-order valence-electron chi connectivity index (χ2n) is 5.53. The first-order chi connectivity index (χ1) is 12.7. The fourth-order valence-corrected chi connectivity index (χ4v) is 3.65. The molecule has 0 unspecified atom stereocenters. The van der Waals surface area contributed by atoms with Gasteiger partial charge >= 0.3 is 0 Å². The number of anilines is 1. The van der Waals surface area contributed by atoms with E-state index in [1.165, 1.54) is 30.3 Å². The Balaban J connectivity index is 2.25. The van der Waals surface area contributed by atoms with E-state index >= 15 is 0 Å². The fraction of sp³-hybridized carbons (Fsp3) is 0.235. The van der Waals surface area contributed by atoms with Gasteiger partial charge in [-0.25, -0.2) is 8.42 Å². The van der Waals surface area contributed by atoms with Crippen molar-refractivity contribution < 1.29 is 18.1 Å². The summed E-state index contributed by atoms with van der Waals surface area (Å²) in [4.78, 5) is 23.8. The van der Waals surface area contributed by atoms with Gasteiger partial charge in [0.1, 0.15) is 5.02 Å². The minimum Gasteiger partial charge on any atom is -0.339 e. The predicted octanol–water partition coefficient (Wildman–Crippen LogP) is 3.53. The van der Waals surface area contributed by atoms with Crippen LogP contribution in [0.2, 0.25) is 5.02 Å². The molecule has 0 heterocycles. The molecule has 0 aromatic heterocycles. The van der Waals surface area contributed by atoms with Gasteiger partial charge in [0, 0.05) is 30.4 Å². The van der Waals surface area contributed by atoms with Gasteiger partial charge in [-0.05, 0) is 50.2 Å². The number of sulfonamides is 1. The highest BCUT2D eigenvalue weighted by Crippen LogP contribution is 2.28. The molecule has 2 aromatic rings. The average Bonchev–Trinajstić information content (AvgIpc) is 2.62. The van der Waals surface area contributed by atoms with Crippen molar-refractivity contribution in [3.05, 3.63) is 63.2 Å². The summed E-state index contributed by atoms with van der Waals surface area (Å²) in [5.41, 5.74) is 0.159. The van der Waals surface area contributed by atoms with Gasteiger partial charge in [0.25, 0.3) is 21.6 Å². The molecule has 0 radical (unpaired) electrons. The van der Waals surface area contributed by atoms with Crippen LogP contribution in [-0.4, -0.2) is 37.2 Å². The van der Waals surface area contributed by atoms with E-state index in [9.17, 15) is 23.3 Å². The van der Waals surface area contributed by atoms with Gasteiger partial charge in [0.05, 0.1) is 9.82 Å².